The van der Waals surface area contributed by atoms with E-state index in [1.807, 2.05) is 31.2 Å². The molecule has 2 aromatic rings. The third-order valence-corrected chi connectivity index (χ3v) is 4.52. The molecule has 0 N–H and O–H groups in total. The molecule has 1 atom stereocenters. The van der Waals surface area contributed by atoms with Gasteiger partial charge in [0.2, 0.25) is 0 Å². The first-order valence-corrected chi connectivity index (χ1v) is 8.25. The molecule has 0 radical (unpaired) electrons. The number of esters is 1. The molecule has 0 bridgehead atoms. The second-order valence-electron chi connectivity index (χ2n) is 5.65. The Morgan fingerprint density at radius 1 is 1.21 bits per heavy atom. The Bertz CT molecular complexity index is 807. The van der Waals surface area contributed by atoms with E-state index in [0.717, 1.165) is 17.7 Å². The SMILES string of the molecule is CC1Cc2ccccc2N1C(=O)COC(=O)c1cc(Cl)ccc1Cl. The largest absolute Gasteiger partial charge is 0.452 e. The number of hydrogen-bond donors (Lipinski definition) is 0. The maximum absolute atomic E-state index is 12.5. The Morgan fingerprint density at radius 3 is 2.75 bits per heavy atom. The number of amides is 1. The molecule has 0 fully saturated rings. The first-order valence-electron chi connectivity index (χ1n) is 7.49. The predicted octanol–water partition coefficient (Wildman–Crippen LogP) is 4.13. The van der Waals surface area contributed by atoms with E-state index < -0.39 is 5.97 Å². The van der Waals surface area contributed by atoms with E-state index in [-0.39, 0.29) is 29.1 Å². The molecule has 4 nitrogen and oxygen atoms in total. The number of carbonyl (C=O) groups excluding carboxylic acids is 2. The lowest BCUT2D eigenvalue weighted by atomic mass is 10.1. The van der Waals surface area contributed by atoms with Crippen LogP contribution in [0.15, 0.2) is 42.5 Å². The van der Waals surface area contributed by atoms with Crippen LogP contribution in [-0.2, 0) is 16.0 Å². The molecular formula is C18H15Cl2NO3. The fourth-order valence-electron chi connectivity index (χ4n) is 2.87. The van der Waals surface area contributed by atoms with Crippen molar-refractivity contribution in [1.82, 2.24) is 0 Å². The molecule has 24 heavy (non-hydrogen) atoms. The molecule has 6 heteroatoms. The number of anilines is 1. The number of hydrogen-bond acceptors (Lipinski definition) is 3. The fraction of sp³-hybridized carbons (Fsp3) is 0.222. The topological polar surface area (TPSA) is 46.6 Å². The summed E-state index contributed by atoms with van der Waals surface area (Å²) in [5.41, 5.74) is 2.13. The van der Waals surface area contributed by atoms with Crippen molar-refractivity contribution in [2.75, 3.05) is 11.5 Å². The van der Waals surface area contributed by atoms with Gasteiger partial charge in [-0.1, -0.05) is 41.4 Å². The second kappa shape index (κ2) is 6.83. The molecule has 0 saturated carbocycles. The molecule has 1 unspecified atom stereocenters. The summed E-state index contributed by atoms with van der Waals surface area (Å²) < 4.78 is 5.13. The average molecular weight is 364 g/mol. The number of halogens is 2. The van der Waals surface area contributed by atoms with Gasteiger partial charge in [0.25, 0.3) is 5.91 Å². The second-order valence-corrected chi connectivity index (χ2v) is 6.49. The highest BCUT2D eigenvalue weighted by molar-refractivity contribution is 6.35. The van der Waals surface area contributed by atoms with Crippen molar-refractivity contribution in [1.29, 1.82) is 0 Å². The van der Waals surface area contributed by atoms with Gasteiger partial charge in [0.05, 0.1) is 10.6 Å². The predicted molar refractivity (Wildman–Crippen MR) is 93.8 cm³/mol. The van der Waals surface area contributed by atoms with Crippen LogP contribution in [0.4, 0.5) is 5.69 Å². The molecule has 0 spiro atoms. The number of nitrogens with zero attached hydrogens (tertiary/aromatic N) is 1. The minimum absolute atomic E-state index is 0.0309. The van der Waals surface area contributed by atoms with Crippen LogP contribution in [0.3, 0.4) is 0 Å². The monoisotopic (exact) mass is 363 g/mol. The van der Waals surface area contributed by atoms with Gasteiger partial charge in [0.15, 0.2) is 6.61 Å². The van der Waals surface area contributed by atoms with E-state index in [2.05, 4.69) is 0 Å². The van der Waals surface area contributed by atoms with E-state index in [9.17, 15) is 9.59 Å². The molecule has 1 heterocycles. The quantitative estimate of drug-likeness (QED) is 0.770. The number of para-hydroxylation sites is 1. The summed E-state index contributed by atoms with van der Waals surface area (Å²) in [5, 5.41) is 0.608. The van der Waals surface area contributed by atoms with E-state index >= 15 is 0 Å². The maximum atomic E-state index is 12.5. The third-order valence-electron chi connectivity index (χ3n) is 3.95. The molecule has 124 valence electrons. The molecule has 3 rings (SSSR count). The lowest BCUT2D eigenvalue weighted by molar-refractivity contribution is -0.122. The van der Waals surface area contributed by atoms with Gasteiger partial charge in [-0.05, 0) is 43.2 Å². The van der Waals surface area contributed by atoms with Crippen LogP contribution in [0, 0.1) is 0 Å². The molecule has 1 amide bonds. The van der Waals surface area contributed by atoms with Crippen LogP contribution in [0.1, 0.15) is 22.8 Å². The van der Waals surface area contributed by atoms with Crippen LogP contribution in [-0.4, -0.2) is 24.5 Å². The van der Waals surface area contributed by atoms with Crippen molar-refractivity contribution in [3.05, 3.63) is 63.6 Å². The van der Waals surface area contributed by atoms with Crippen LogP contribution >= 0.6 is 23.2 Å². The number of ether oxygens (including phenoxy) is 1. The summed E-state index contributed by atoms with van der Waals surface area (Å²) in [6.45, 7) is 1.62. The third kappa shape index (κ3) is 3.25. The zero-order valence-corrected chi connectivity index (χ0v) is 14.5. The summed E-state index contributed by atoms with van der Waals surface area (Å²) in [4.78, 5) is 26.3. The van der Waals surface area contributed by atoms with Crippen molar-refractivity contribution >= 4 is 40.8 Å². The molecule has 1 aliphatic rings. The smallest absolute Gasteiger partial charge is 0.340 e. The van der Waals surface area contributed by atoms with E-state index in [4.69, 9.17) is 27.9 Å². The molecular weight excluding hydrogens is 349 g/mol. The summed E-state index contributed by atoms with van der Waals surface area (Å²) in [6.07, 6.45) is 0.788. The Kier molecular flexibility index (Phi) is 4.78. The standard InChI is InChI=1S/C18H15Cl2NO3/c1-11-8-12-4-2-3-5-16(12)21(11)17(22)10-24-18(23)14-9-13(19)6-7-15(14)20/h2-7,9,11H,8,10H2,1H3. The zero-order valence-electron chi connectivity index (χ0n) is 13.0. The van der Waals surface area contributed by atoms with Gasteiger partial charge in [-0.15, -0.1) is 0 Å². The lowest BCUT2D eigenvalue weighted by Crippen LogP contribution is -2.38. The van der Waals surface area contributed by atoms with E-state index in [0.29, 0.717) is 5.02 Å². The number of fused-ring (bicyclic) bond motifs is 1. The molecule has 0 saturated heterocycles. The molecule has 0 aromatic heterocycles. The van der Waals surface area contributed by atoms with E-state index in [1.165, 1.54) is 12.1 Å². The van der Waals surface area contributed by atoms with Gasteiger partial charge in [0.1, 0.15) is 0 Å². The summed E-state index contributed by atoms with van der Waals surface area (Å²) >= 11 is 11.8. The Morgan fingerprint density at radius 2 is 1.96 bits per heavy atom. The first kappa shape index (κ1) is 16.8. The first-order chi connectivity index (χ1) is 11.5. The lowest BCUT2D eigenvalue weighted by Gasteiger charge is -2.22. The fourth-order valence-corrected chi connectivity index (χ4v) is 3.24. The molecule has 1 aliphatic heterocycles. The summed E-state index contributed by atoms with van der Waals surface area (Å²) in [5.74, 6) is -0.935. The van der Waals surface area contributed by atoms with Gasteiger partial charge in [0, 0.05) is 16.8 Å². The van der Waals surface area contributed by atoms with Crippen molar-refractivity contribution < 1.29 is 14.3 Å². The zero-order chi connectivity index (χ0) is 17.3. The van der Waals surface area contributed by atoms with Crippen LogP contribution in [0.5, 0.6) is 0 Å². The van der Waals surface area contributed by atoms with Gasteiger partial charge >= 0.3 is 5.97 Å². The Labute approximate surface area is 149 Å². The van der Waals surface area contributed by atoms with Gasteiger partial charge < -0.3 is 9.64 Å². The number of carbonyl (C=O) groups is 2. The highest BCUT2D eigenvalue weighted by atomic mass is 35.5. The van der Waals surface area contributed by atoms with Crippen molar-refractivity contribution in [2.45, 2.75) is 19.4 Å². The van der Waals surface area contributed by atoms with Crippen LogP contribution < -0.4 is 4.90 Å². The summed E-state index contributed by atoms with van der Waals surface area (Å²) in [6, 6.07) is 12.3. The van der Waals surface area contributed by atoms with Crippen LogP contribution in [0.2, 0.25) is 10.0 Å². The number of benzene rings is 2. The maximum Gasteiger partial charge on any atom is 0.340 e. The average Bonchev–Trinajstić information content (AvgIpc) is 2.90. The normalized spacial score (nSPS) is 16.0. The molecule has 0 aliphatic carbocycles. The van der Waals surface area contributed by atoms with Crippen molar-refractivity contribution in [2.24, 2.45) is 0 Å². The minimum Gasteiger partial charge on any atom is -0.452 e. The van der Waals surface area contributed by atoms with Crippen molar-refractivity contribution in [3.8, 4) is 0 Å². The highest BCUT2D eigenvalue weighted by Crippen LogP contribution is 2.31. The van der Waals surface area contributed by atoms with Crippen LogP contribution in [0.25, 0.3) is 0 Å². The van der Waals surface area contributed by atoms with Gasteiger partial charge in [-0.3, -0.25) is 4.79 Å². The Hall–Kier alpha value is -2.04. The molecule has 2 aromatic carbocycles. The van der Waals surface area contributed by atoms with Gasteiger partial charge in [-0.25, -0.2) is 4.79 Å². The Balaban J connectivity index is 1.70. The highest BCUT2D eigenvalue weighted by Gasteiger charge is 2.31. The number of rotatable bonds is 3. The minimum atomic E-state index is -0.670. The van der Waals surface area contributed by atoms with E-state index in [1.54, 1.807) is 11.0 Å². The van der Waals surface area contributed by atoms with Gasteiger partial charge in [-0.2, -0.15) is 0 Å². The summed E-state index contributed by atoms with van der Waals surface area (Å²) in [7, 11) is 0. The van der Waals surface area contributed by atoms with Crippen molar-refractivity contribution in [3.63, 3.8) is 0 Å².